The van der Waals surface area contributed by atoms with Gasteiger partial charge < -0.3 is 26.4 Å². The molecule has 4 heterocycles. The average Bonchev–Trinajstić information content (AvgIpc) is 3.70. The van der Waals surface area contributed by atoms with Gasteiger partial charge in [0.25, 0.3) is 0 Å². The number of hydrogen-bond donors (Lipinski definition) is 4. The third-order valence-electron chi connectivity index (χ3n) is 6.72. The Bertz CT molecular complexity index is 2110. The number of carbonyl (C=O) groups is 1. The molecule has 0 spiro atoms. The summed E-state index contributed by atoms with van der Waals surface area (Å²) in [5.41, 5.74) is 8.21. The lowest BCUT2D eigenvalue weighted by molar-refractivity contribution is 0.0523. The van der Waals surface area contributed by atoms with Gasteiger partial charge in [-0.05, 0) is 44.0 Å². The molecular weight excluding hydrogens is 695 g/mol. The lowest BCUT2D eigenvalue weighted by Crippen LogP contribution is -2.32. The van der Waals surface area contributed by atoms with Crippen LogP contribution >= 0.6 is 23.2 Å². The number of hydrogen-bond acceptors (Lipinski definition) is 13. The summed E-state index contributed by atoms with van der Waals surface area (Å²) in [6.45, 7) is 6.06. The molecule has 6 rings (SSSR count). The maximum Gasteiger partial charge on any atom is 0.407 e. The Morgan fingerprint density at radius 2 is 1.25 bits per heavy atom. The van der Waals surface area contributed by atoms with E-state index < -0.39 is 11.7 Å². The molecule has 0 unspecified atom stereocenters. The summed E-state index contributed by atoms with van der Waals surface area (Å²) in [4.78, 5) is 37.2. The molecule has 51 heavy (non-hydrogen) atoms. The van der Waals surface area contributed by atoms with E-state index in [4.69, 9.17) is 33.7 Å². The highest BCUT2D eigenvalue weighted by molar-refractivity contribution is 6.32. The van der Waals surface area contributed by atoms with Gasteiger partial charge in [-0.2, -0.15) is 20.2 Å². The predicted octanol–water partition coefficient (Wildman–Crippen LogP) is 5.82. The van der Waals surface area contributed by atoms with Crippen molar-refractivity contribution in [3.05, 3.63) is 94.8 Å². The average molecular weight is 732 g/mol. The minimum absolute atomic E-state index is 0.248. The van der Waals surface area contributed by atoms with Crippen LogP contribution < -0.4 is 21.7 Å². The molecule has 0 saturated heterocycles. The molecule has 1 amide bonds. The Hall–Kier alpha value is -5.71. The van der Waals surface area contributed by atoms with E-state index in [2.05, 4.69) is 56.1 Å². The lowest BCUT2D eigenvalue weighted by atomic mass is 10.1. The third-order valence-corrected chi connectivity index (χ3v) is 7.42. The van der Waals surface area contributed by atoms with Gasteiger partial charge in [0.05, 0.1) is 0 Å². The Morgan fingerprint density at radius 1 is 0.765 bits per heavy atom. The lowest BCUT2D eigenvalue weighted by Gasteiger charge is -2.19. The van der Waals surface area contributed by atoms with Gasteiger partial charge in [-0.1, -0.05) is 47.5 Å². The molecule has 0 aliphatic rings. The van der Waals surface area contributed by atoms with Crippen molar-refractivity contribution in [2.45, 2.75) is 39.5 Å². The summed E-state index contributed by atoms with van der Waals surface area (Å²) in [5, 5.41) is 18.3. The van der Waals surface area contributed by atoms with Crippen molar-refractivity contribution in [2.75, 3.05) is 10.6 Å². The fraction of sp³-hybridized carbons (Fsp3) is 0.242. The van der Waals surface area contributed by atoms with E-state index in [1.54, 1.807) is 42.3 Å². The number of anilines is 4. The van der Waals surface area contributed by atoms with Crippen molar-refractivity contribution < 1.29 is 9.53 Å². The van der Waals surface area contributed by atoms with Crippen LogP contribution in [0, 0.1) is 0 Å². The van der Waals surface area contributed by atoms with Crippen LogP contribution in [0.1, 0.15) is 31.9 Å². The molecule has 0 aliphatic carbocycles. The van der Waals surface area contributed by atoms with Crippen LogP contribution in [0.4, 0.5) is 28.3 Å². The third kappa shape index (κ3) is 10.6. The summed E-state index contributed by atoms with van der Waals surface area (Å²) in [5.74, 6) is 3.08. The van der Waals surface area contributed by atoms with Crippen molar-refractivity contribution in [1.29, 1.82) is 0 Å². The fourth-order valence-electron chi connectivity index (χ4n) is 4.35. The van der Waals surface area contributed by atoms with Gasteiger partial charge in [-0.15, -0.1) is 0 Å². The number of ether oxygens (including phenoxy) is 1. The van der Waals surface area contributed by atoms with E-state index in [-0.39, 0.29) is 6.54 Å². The molecule has 0 atom stereocenters. The zero-order chi connectivity index (χ0) is 36.5. The molecule has 18 heteroatoms. The Morgan fingerprint density at radius 3 is 1.67 bits per heavy atom. The van der Waals surface area contributed by atoms with Gasteiger partial charge in [0.15, 0.2) is 23.3 Å². The fourth-order valence-corrected chi connectivity index (χ4v) is 4.85. The van der Waals surface area contributed by atoms with Crippen LogP contribution in [-0.2, 0) is 31.9 Å². The summed E-state index contributed by atoms with van der Waals surface area (Å²) in [6, 6.07) is 14.6. The summed E-state index contributed by atoms with van der Waals surface area (Å²) in [7, 11) is 3.66. The quantitative estimate of drug-likeness (QED) is 0.139. The van der Waals surface area contributed by atoms with Crippen LogP contribution in [-0.4, -0.2) is 61.2 Å². The number of aryl methyl sites for hydroxylation is 2. The van der Waals surface area contributed by atoms with Crippen molar-refractivity contribution in [1.82, 2.24) is 54.8 Å². The molecule has 0 radical (unpaired) electrons. The molecule has 2 aromatic carbocycles. The topological polar surface area (TPSA) is 201 Å². The molecule has 0 aliphatic heterocycles. The van der Waals surface area contributed by atoms with Crippen molar-refractivity contribution in [2.24, 2.45) is 19.8 Å². The minimum atomic E-state index is -0.558. The van der Waals surface area contributed by atoms with Gasteiger partial charge in [0, 0.05) is 72.9 Å². The largest absolute Gasteiger partial charge is 0.444 e. The molecule has 16 nitrogen and oxygen atoms in total. The SMILES string of the molecule is Cn1ccc(Nc2ncnc(-c3ccc(CN)c(Cl)c3)n2)n1.Cn1ccc(Nc2ncnc(-c3ccc(CNC(=O)OC(C)(C)C)c(Cl)c3)n2)n1. The first kappa shape index (κ1) is 36.6. The van der Waals surface area contributed by atoms with Gasteiger partial charge in [0.2, 0.25) is 11.9 Å². The van der Waals surface area contributed by atoms with E-state index in [0.717, 1.165) is 22.3 Å². The Labute approximate surface area is 303 Å². The van der Waals surface area contributed by atoms with Crippen molar-refractivity contribution in [3.8, 4) is 22.8 Å². The van der Waals surface area contributed by atoms with Crippen LogP contribution in [0.3, 0.4) is 0 Å². The summed E-state index contributed by atoms with van der Waals surface area (Å²) < 4.78 is 8.59. The number of nitrogens with zero attached hydrogens (tertiary/aromatic N) is 10. The van der Waals surface area contributed by atoms with E-state index >= 15 is 0 Å². The van der Waals surface area contributed by atoms with E-state index in [9.17, 15) is 4.79 Å². The zero-order valence-corrected chi connectivity index (χ0v) is 30.0. The number of nitrogens with two attached hydrogens (primary N) is 1. The highest BCUT2D eigenvalue weighted by Gasteiger charge is 2.16. The summed E-state index contributed by atoms with van der Waals surface area (Å²) >= 11 is 12.5. The molecule has 264 valence electrons. The molecule has 0 fully saturated rings. The maximum absolute atomic E-state index is 11.8. The molecular formula is C33H36Cl2N14O2. The number of aromatic nitrogens is 10. The number of rotatable bonds is 9. The highest BCUT2D eigenvalue weighted by Crippen LogP contribution is 2.25. The first-order chi connectivity index (χ1) is 24.3. The number of alkyl carbamates (subject to hydrolysis) is 1. The van der Waals surface area contributed by atoms with Crippen molar-refractivity contribution in [3.63, 3.8) is 0 Å². The minimum Gasteiger partial charge on any atom is -0.444 e. The number of benzene rings is 2. The second-order valence-electron chi connectivity index (χ2n) is 11.9. The number of amides is 1. The van der Waals surface area contributed by atoms with Crippen LogP contribution in [0.25, 0.3) is 22.8 Å². The summed E-state index contributed by atoms with van der Waals surface area (Å²) in [6.07, 6.45) is 6.00. The Kier molecular flexibility index (Phi) is 11.7. The van der Waals surface area contributed by atoms with Crippen LogP contribution in [0.5, 0.6) is 0 Å². The second kappa shape index (κ2) is 16.3. The van der Waals surface area contributed by atoms with Gasteiger partial charge in [0.1, 0.15) is 18.3 Å². The number of carbonyl (C=O) groups excluding carboxylic acids is 1. The smallest absolute Gasteiger partial charge is 0.407 e. The first-order valence-electron chi connectivity index (χ1n) is 15.5. The van der Waals surface area contributed by atoms with Crippen LogP contribution in [0.2, 0.25) is 10.0 Å². The monoisotopic (exact) mass is 730 g/mol. The molecule has 5 N–H and O–H groups in total. The standard InChI is InChI=1S/C19H22ClN7O2.C14H14ClN7/c1-19(2,3)29-18(28)21-10-13-6-5-12(9-14(13)20)16-22-11-23-17(25-16)24-15-7-8-27(4)26-15;1-22-5-4-12(21-22)19-14-18-8-17-13(20-14)9-2-3-10(7-16)11(15)6-9/h5-9,11H,10H2,1-4H3,(H,21,28)(H,22,23,24,25,26);2-6,8H,7,16H2,1H3,(H,17,18,19,20,21). The Balaban J connectivity index is 0.000000205. The predicted molar refractivity (Wildman–Crippen MR) is 194 cm³/mol. The highest BCUT2D eigenvalue weighted by atomic mass is 35.5. The number of nitrogens with one attached hydrogen (secondary N) is 3. The van der Waals surface area contributed by atoms with E-state index in [1.165, 1.54) is 12.7 Å². The molecule has 4 aromatic heterocycles. The zero-order valence-electron chi connectivity index (χ0n) is 28.5. The molecule has 0 bridgehead atoms. The number of halogens is 2. The van der Waals surface area contributed by atoms with E-state index in [1.807, 2.05) is 62.9 Å². The molecule has 0 saturated carbocycles. The van der Waals surface area contributed by atoms with Crippen molar-refractivity contribution >= 4 is 52.8 Å². The van der Waals surface area contributed by atoms with Gasteiger partial charge in [-0.3, -0.25) is 9.36 Å². The van der Waals surface area contributed by atoms with Crippen LogP contribution in [0.15, 0.2) is 73.6 Å². The van der Waals surface area contributed by atoms with E-state index in [0.29, 0.717) is 51.8 Å². The normalized spacial score (nSPS) is 11.0. The second-order valence-corrected chi connectivity index (χ2v) is 12.8. The first-order valence-corrected chi connectivity index (χ1v) is 16.3. The molecule has 6 aromatic rings. The van der Waals surface area contributed by atoms with Gasteiger partial charge in [-0.25, -0.2) is 24.7 Å². The van der Waals surface area contributed by atoms with Gasteiger partial charge >= 0.3 is 6.09 Å². The maximum atomic E-state index is 11.8.